The maximum absolute atomic E-state index is 12.3. The van der Waals surface area contributed by atoms with Gasteiger partial charge in [0.15, 0.2) is 12.2 Å². The highest BCUT2D eigenvalue weighted by molar-refractivity contribution is 9.10. The van der Waals surface area contributed by atoms with E-state index in [1.807, 2.05) is 50.2 Å². The van der Waals surface area contributed by atoms with Crippen molar-refractivity contribution in [3.8, 4) is 17.2 Å². The first-order valence-electron chi connectivity index (χ1n) is 9.14. The standard InChI is InChI=1S/C23H19BrN2O3/c1-14-9-15(2)11-19(10-14)28-13-22(27)25-18-7-8-21-20(12-18)26-23(29-21)16-3-5-17(24)6-4-16/h3-12H,13H2,1-2H3,(H,25,27). The van der Waals surface area contributed by atoms with Crippen molar-refractivity contribution in [1.29, 1.82) is 0 Å². The van der Waals surface area contributed by atoms with E-state index in [1.165, 1.54) is 0 Å². The van der Waals surface area contributed by atoms with Crippen molar-refractivity contribution in [3.63, 3.8) is 0 Å². The van der Waals surface area contributed by atoms with E-state index in [-0.39, 0.29) is 12.5 Å². The Bertz CT molecular complexity index is 1160. The van der Waals surface area contributed by atoms with Crippen molar-refractivity contribution < 1.29 is 13.9 Å². The van der Waals surface area contributed by atoms with Crippen LogP contribution in [0.2, 0.25) is 0 Å². The van der Waals surface area contributed by atoms with Gasteiger partial charge in [0.2, 0.25) is 5.89 Å². The van der Waals surface area contributed by atoms with Gasteiger partial charge < -0.3 is 14.5 Å². The lowest BCUT2D eigenvalue weighted by atomic mass is 10.1. The van der Waals surface area contributed by atoms with Crippen molar-refractivity contribution in [1.82, 2.24) is 4.98 Å². The van der Waals surface area contributed by atoms with Crippen LogP contribution in [0.5, 0.6) is 5.75 Å². The lowest BCUT2D eigenvalue weighted by molar-refractivity contribution is -0.118. The van der Waals surface area contributed by atoms with Crippen LogP contribution >= 0.6 is 15.9 Å². The second kappa shape index (κ2) is 8.09. The SMILES string of the molecule is Cc1cc(C)cc(OCC(=O)Nc2ccc3oc(-c4ccc(Br)cc4)nc3c2)c1. The third kappa shape index (κ3) is 4.66. The van der Waals surface area contributed by atoms with E-state index in [0.717, 1.165) is 21.2 Å². The van der Waals surface area contributed by atoms with E-state index in [0.29, 0.717) is 28.4 Å². The predicted octanol–water partition coefficient (Wildman–Crippen LogP) is 5.89. The number of carbonyl (C=O) groups excluding carboxylic acids is 1. The molecule has 0 aliphatic rings. The summed E-state index contributed by atoms with van der Waals surface area (Å²) >= 11 is 3.42. The fourth-order valence-electron chi connectivity index (χ4n) is 3.08. The Morgan fingerprint density at radius 3 is 2.48 bits per heavy atom. The summed E-state index contributed by atoms with van der Waals surface area (Å²) in [5, 5.41) is 2.84. The molecule has 5 nitrogen and oxygen atoms in total. The Kier molecular flexibility index (Phi) is 5.36. The van der Waals surface area contributed by atoms with Gasteiger partial charge in [0.05, 0.1) is 0 Å². The highest BCUT2D eigenvalue weighted by Gasteiger charge is 2.10. The van der Waals surface area contributed by atoms with Crippen LogP contribution in [0.3, 0.4) is 0 Å². The Balaban J connectivity index is 1.45. The van der Waals surface area contributed by atoms with Crippen molar-refractivity contribution in [2.45, 2.75) is 13.8 Å². The molecule has 1 heterocycles. The predicted molar refractivity (Wildman–Crippen MR) is 117 cm³/mol. The van der Waals surface area contributed by atoms with Gasteiger partial charge in [-0.3, -0.25) is 4.79 Å². The molecule has 0 spiro atoms. The van der Waals surface area contributed by atoms with E-state index in [4.69, 9.17) is 9.15 Å². The van der Waals surface area contributed by atoms with Crippen molar-refractivity contribution in [2.24, 2.45) is 0 Å². The van der Waals surface area contributed by atoms with Gasteiger partial charge in [-0.25, -0.2) is 4.98 Å². The largest absolute Gasteiger partial charge is 0.484 e. The number of aromatic nitrogens is 1. The quantitative estimate of drug-likeness (QED) is 0.411. The minimum atomic E-state index is -0.236. The molecular formula is C23H19BrN2O3. The first-order chi connectivity index (χ1) is 14.0. The van der Waals surface area contributed by atoms with E-state index in [1.54, 1.807) is 18.2 Å². The third-order valence-electron chi connectivity index (χ3n) is 4.33. The van der Waals surface area contributed by atoms with Gasteiger partial charge in [0.1, 0.15) is 11.3 Å². The number of rotatable bonds is 5. The summed E-state index contributed by atoms with van der Waals surface area (Å²) in [5.74, 6) is 0.984. The molecule has 0 radical (unpaired) electrons. The molecule has 1 aromatic heterocycles. The first-order valence-corrected chi connectivity index (χ1v) is 9.93. The maximum Gasteiger partial charge on any atom is 0.262 e. The molecule has 4 rings (SSSR count). The molecule has 0 unspecified atom stereocenters. The number of anilines is 1. The number of hydrogen-bond acceptors (Lipinski definition) is 4. The van der Waals surface area contributed by atoms with Gasteiger partial charge in [-0.15, -0.1) is 0 Å². The Labute approximate surface area is 176 Å². The molecule has 146 valence electrons. The van der Waals surface area contributed by atoms with E-state index in [2.05, 4.69) is 32.3 Å². The molecule has 0 bridgehead atoms. The number of aryl methyl sites for hydroxylation is 2. The summed E-state index contributed by atoms with van der Waals surface area (Å²) in [6.45, 7) is 3.93. The minimum Gasteiger partial charge on any atom is -0.484 e. The summed E-state index contributed by atoms with van der Waals surface area (Å²) in [6.07, 6.45) is 0. The van der Waals surface area contributed by atoms with Crippen LogP contribution in [0.15, 0.2) is 69.6 Å². The molecule has 6 heteroatoms. The molecule has 0 atom stereocenters. The Hall–Kier alpha value is -3.12. The second-order valence-electron chi connectivity index (χ2n) is 6.87. The van der Waals surface area contributed by atoms with Gasteiger partial charge in [-0.1, -0.05) is 22.0 Å². The molecular weight excluding hydrogens is 432 g/mol. The van der Waals surface area contributed by atoms with E-state index < -0.39 is 0 Å². The van der Waals surface area contributed by atoms with Crippen molar-refractivity contribution >= 4 is 38.6 Å². The average Bonchev–Trinajstić information content (AvgIpc) is 3.09. The van der Waals surface area contributed by atoms with Crippen LogP contribution < -0.4 is 10.1 Å². The fraction of sp³-hybridized carbons (Fsp3) is 0.130. The molecule has 4 aromatic rings. The second-order valence-corrected chi connectivity index (χ2v) is 7.78. The lowest BCUT2D eigenvalue weighted by Gasteiger charge is -2.09. The highest BCUT2D eigenvalue weighted by atomic mass is 79.9. The van der Waals surface area contributed by atoms with Gasteiger partial charge in [-0.2, -0.15) is 0 Å². The zero-order chi connectivity index (χ0) is 20.4. The third-order valence-corrected chi connectivity index (χ3v) is 4.86. The van der Waals surface area contributed by atoms with Crippen LogP contribution in [0.25, 0.3) is 22.6 Å². The van der Waals surface area contributed by atoms with E-state index >= 15 is 0 Å². The molecule has 1 N–H and O–H groups in total. The average molecular weight is 451 g/mol. The monoisotopic (exact) mass is 450 g/mol. The first kappa shape index (κ1) is 19.2. The number of amides is 1. The summed E-state index contributed by atoms with van der Waals surface area (Å²) in [6, 6.07) is 19.0. The lowest BCUT2D eigenvalue weighted by Crippen LogP contribution is -2.20. The minimum absolute atomic E-state index is 0.0656. The molecule has 0 saturated carbocycles. The topological polar surface area (TPSA) is 64.4 Å². The van der Waals surface area contributed by atoms with Crippen molar-refractivity contribution in [2.75, 3.05) is 11.9 Å². The number of nitrogens with zero attached hydrogens (tertiary/aromatic N) is 1. The number of oxazole rings is 1. The number of hydrogen-bond donors (Lipinski definition) is 1. The van der Waals surface area contributed by atoms with Crippen LogP contribution in [-0.2, 0) is 4.79 Å². The highest BCUT2D eigenvalue weighted by Crippen LogP contribution is 2.27. The number of benzene rings is 3. The van der Waals surface area contributed by atoms with Gasteiger partial charge in [-0.05, 0) is 79.6 Å². The van der Waals surface area contributed by atoms with Crippen molar-refractivity contribution in [3.05, 3.63) is 76.3 Å². The van der Waals surface area contributed by atoms with Crippen LogP contribution in [-0.4, -0.2) is 17.5 Å². The van der Waals surface area contributed by atoms with Gasteiger partial charge in [0, 0.05) is 15.7 Å². The molecule has 0 aliphatic heterocycles. The molecule has 29 heavy (non-hydrogen) atoms. The summed E-state index contributed by atoms with van der Waals surface area (Å²) < 4.78 is 12.4. The summed E-state index contributed by atoms with van der Waals surface area (Å²) in [4.78, 5) is 16.8. The van der Waals surface area contributed by atoms with E-state index in [9.17, 15) is 4.79 Å². The molecule has 0 fully saturated rings. The van der Waals surface area contributed by atoms with Gasteiger partial charge in [0.25, 0.3) is 5.91 Å². The number of fused-ring (bicyclic) bond motifs is 1. The molecule has 1 amide bonds. The van der Waals surface area contributed by atoms with Crippen LogP contribution in [0.1, 0.15) is 11.1 Å². The zero-order valence-corrected chi connectivity index (χ0v) is 17.6. The fourth-order valence-corrected chi connectivity index (χ4v) is 3.35. The molecule has 3 aromatic carbocycles. The number of ether oxygens (including phenoxy) is 1. The Morgan fingerprint density at radius 2 is 1.76 bits per heavy atom. The number of nitrogens with one attached hydrogen (secondary N) is 1. The smallest absolute Gasteiger partial charge is 0.262 e. The van der Waals surface area contributed by atoms with Crippen LogP contribution in [0, 0.1) is 13.8 Å². The summed E-state index contributed by atoms with van der Waals surface area (Å²) in [5.41, 5.74) is 5.05. The summed E-state index contributed by atoms with van der Waals surface area (Å²) in [7, 11) is 0. The molecule has 0 saturated heterocycles. The number of halogens is 1. The zero-order valence-electron chi connectivity index (χ0n) is 16.0. The number of carbonyl (C=O) groups is 1. The Morgan fingerprint density at radius 1 is 1.03 bits per heavy atom. The maximum atomic E-state index is 12.3. The normalized spacial score (nSPS) is 10.9. The van der Waals surface area contributed by atoms with Crippen LogP contribution in [0.4, 0.5) is 5.69 Å². The van der Waals surface area contributed by atoms with Gasteiger partial charge >= 0.3 is 0 Å². The molecule has 0 aliphatic carbocycles.